The number of esters is 1. The molecular formula is C25H25NO3. The molecule has 0 aliphatic carbocycles. The van der Waals surface area contributed by atoms with Crippen LogP contribution in [0.2, 0.25) is 0 Å². The molecule has 0 unspecified atom stereocenters. The Kier molecular flexibility index (Phi) is 6.80. The van der Waals surface area contributed by atoms with Crippen LogP contribution in [0.4, 0.5) is 0 Å². The van der Waals surface area contributed by atoms with Crippen LogP contribution in [0, 0.1) is 13.8 Å². The lowest BCUT2D eigenvalue weighted by Crippen LogP contribution is -2.34. The van der Waals surface area contributed by atoms with Gasteiger partial charge in [0.05, 0.1) is 5.56 Å². The van der Waals surface area contributed by atoms with Crippen LogP contribution in [-0.4, -0.2) is 23.4 Å². The first-order valence-corrected chi connectivity index (χ1v) is 9.63. The summed E-state index contributed by atoms with van der Waals surface area (Å²) in [7, 11) is 0. The highest BCUT2D eigenvalue weighted by Gasteiger charge is 2.18. The molecule has 4 heteroatoms. The van der Waals surface area contributed by atoms with Crippen molar-refractivity contribution in [2.24, 2.45) is 0 Å². The molecule has 0 saturated heterocycles. The average molecular weight is 387 g/mol. The minimum Gasteiger partial charge on any atom is -0.452 e. The summed E-state index contributed by atoms with van der Waals surface area (Å²) in [5, 5.41) is 0. The van der Waals surface area contributed by atoms with Crippen molar-refractivity contribution in [2.75, 3.05) is 6.61 Å². The molecule has 0 bridgehead atoms. The molecule has 0 aromatic heterocycles. The van der Waals surface area contributed by atoms with Crippen molar-refractivity contribution in [2.45, 2.75) is 26.9 Å². The van der Waals surface area contributed by atoms with E-state index in [-0.39, 0.29) is 12.5 Å². The second-order valence-electron chi connectivity index (χ2n) is 7.04. The molecular weight excluding hydrogens is 362 g/mol. The summed E-state index contributed by atoms with van der Waals surface area (Å²) in [4.78, 5) is 27.1. The number of benzene rings is 3. The third-order valence-corrected chi connectivity index (χ3v) is 4.94. The van der Waals surface area contributed by atoms with Gasteiger partial charge in [0.15, 0.2) is 6.61 Å². The quantitative estimate of drug-likeness (QED) is 0.553. The zero-order chi connectivity index (χ0) is 20.6. The molecule has 0 saturated carbocycles. The van der Waals surface area contributed by atoms with E-state index in [0.717, 1.165) is 22.3 Å². The van der Waals surface area contributed by atoms with Gasteiger partial charge in [-0.2, -0.15) is 0 Å². The van der Waals surface area contributed by atoms with Gasteiger partial charge in [0.25, 0.3) is 5.91 Å². The number of carbonyl (C=O) groups is 2. The van der Waals surface area contributed by atoms with Gasteiger partial charge in [0.2, 0.25) is 0 Å². The van der Waals surface area contributed by atoms with Crippen LogP contribution in [-0.2, 0) is 22.6 Å². The smallest absolute Gasteiger partial charge is 0.338 e. The van der Waals surface area contributed by atoms with Crippen LogP contribution < -0.4 is 0 Å². The second-order valence-corrected chi connectivity index (χ2v) is 7.04. The number of hydrogen-bond acceptors (Lipinski definition) is 3. The summed E-state index contributed by atoms with van der Waals surface area (Å²) < 4.78 is 5.35. The number of ether oxygens (including phenoxy) is 1. The molecule has 3 aromatic rings. The van der Waals surface area contributed by atoms with E-state index < -0.39 is 5.97 Å². The molecule has 0 N–H and O–H groups in total. The van der Waals surface area contributed by atoms with Crippen molar-refractivity contribution in [3.05, 3.63) is 107 Å². The Morgan fingerprint density at radius 3 is 1.86 bits per heavy atom. The van der Waals surface area contributed by atoms with Gasteiger partial charge in [-0.25, -0.2) is 4.79 Å². The third kappa shape index (κ3) is 5.55. The molecule has 0 atom stereocenters. The van der Waals surface area contributed by atoms with Crippen molar-refractivity contribution < 1.29 is 14.3 Å². The lowest BCUT2D eigenvalue weighted by Gasteiger charge is -2.23. The fraction of sp³-hybridized carbons (Fsp3) is 0.200. The predicted octanol–water partition coefficient (Wildman–Crippen LogP) is 4.69. The number of carbonyl (C=O) groups excluding carboxylic acids is 2. The molecule has 4 nitrogen and oxygen atoms in total. The van der Waals surface area contributed by atoms with Crippen molar-refractivity contribution in [1.29, 1.82) is 0 Å². The highest BCUT2D eigenvalue weighted by atomic mass is 16.5. The van der Waals surface area contributed by atoms with Gasteiger partial charge >= 0.3 is 5.97 Å². The predicted molar refractivity (Wildman–Crippen MR) is 113 cm³/mol. The zero-order valence-corrected chi connectivity index (χ0v) is 16.8. The van der Waals surface area contributed by atoms with Crippen LogP contribution in [0.3, 0.4) is 0 Å². The molecule has 3 aromatic carbocycles. The number of hydrogen-bond donors (Lipinski definition) is 0. The Morgan fingerprint density at radius 1 is 0.759 bits per heavy atom. The van der Waals surface area contributed by atoms with E-state index in [4.69, 9.17) is 4.74 Å². The first-order chi connectivity index (χ1) is 14.0. The number of aryl methyl sites for hydroxylation is 1. The van der Waals surface area contributed by atoms with Crippen LogP contribution >= 0.6 is 0 Å². The van der Waals surface area contributed by atoms with E-state index in [9.17, 15) is 9.59 Å². The summed E-state index contributed by atoms with van der Waals surface area (Å²) >= 11 is 0. The molecule has 3 rings (SSSR count). The Balaban J connectivity index is 1.70. The second kappa shape index (κ2) is 9.69. The Labute approximate surface area is 171 Å². The fourth-order valence-electron chi connectivity index (χ4n) is 3.11. The van der Waals surface area contributed by atoms with Gasteiger partial charge in [0, 0.05) is 13.1 Å². The number of nitrogens with zero attached hydrogens (tertiary/aromatic N) is 1. The van der Waals surface area contributed by atoms with Gasteiger partial charge in [-0.3, -0.25) is 4.79 Å². The molecule has 0 aliphatic heterocycles. The summed E-state index contributed by atoms with van der Waals surface area (Å²) in [6, 6.07) is 25.1. The summed E-state index contributed by atoms with van der Waals surface area (Å²) in [5.41, 5.74) is 4.43. The minimum absolute atomic E-state index is 0.226. The molecule has 0 radical (unpaired) electrons. The number of amides is 1. The Morgan fingerprint density at radius 2 is 1.31 bits per heavy atom. The average Bonchev–Trinajstić information content (AvgIpc) is 2.75. The largest absolute Gasteiger partial charge is 0.452 e. The van der Waals surface area contributed by atoms with Crippen molar-refractivity contribution in [3.63, 3.8) is 0 Å². The van der Waals surface area contributed by atoms with E-state index in [1.54, 1.807) is 11.0 Å². The van der Waals surface area contributed by atoms with E-state index in [0.29, 0.717) is 18.7 Å². The number of rotatable bonds is 7. The third-order valence-electron chi connectivity index (χ3n) is 4.94. The van der Waals surface area contributed by atoms with Crippen LogP contribution in [0.15, 0.2) is 78.9 Å². The van der Waals surface area contributed by atoms with E-state index >= 15 is 0 Å². The van der Waals surface area contributed by atoms with E-state index in [1.165, 1.54) is 0 Å². The van der Waals surface area contributed by atoms with E-state index in [1.807, 2.05) is 86.6 Å². The van der Waals surface area contributed by atoms with Gasteiger partial charge in [-0.15, -0.1) is 0 Å². The molecule has 0 spiro atoms. The maximum Gasteiger partial charge on any atom is 0.338 e. The highest BCUT2D eigenvalue weighted by molar-refractivity contribution is 5.93. The Bertz CT molecular complexity index is 926. The zero-order valence-electron chi connectivity index (χ0n) is 16.8. The first kappa shape index (κ1) is 20.3. The fourth-order valence-corrected chi connectivity index (χ4v) is 3.11. The normalized spacial score (nSPS) is 10.4. The molecule has 0 fully saturated rings. The van der Waals surface area contributed by atoms with Crippen LogP contribution in [0.25, 0.3) is 0 Å². The highest BCUT2D eigenvalue weighted by Crippen LogP contribution is 2.15. The lowest BCUT2D eigenvalue weighted by molar-refractivity contribution is -0.135. The maximum atomic E-state index is 12.9. The summed E-state index contributed by atoms with van der Waals surface area (Å²) in [6.07, 6.45) is 0. The van der Waals surface area contributed by atoms with Crippen molar-refractivity contribution in [3.8, 4) is 0 Å². The summed E-state index contributed by atoms with van der Waals surface area (Å²) in [6.45, 7) is 4.45. The van der Waals surface area contributed by atoms with Crippen LogP contribution in [0.1, 0.15) is 32.6 Å². The maximum absolute atomic E-state index is 12.9. The minimum atomic E-state index is -0.473. The molecule has 0 heterocycles. The first-order valence-electron chi connectivity index (χ1n) is 9.63. The Hall–Kier alpha value is -3.40. The SMILES string of the molecule is Cc1cccc(C(=O)OCC(=O)N(Cc2ccccc2)Cc2ccccc2)c1C. The summed E-state index contributed by atoms with van der Waals surface area (Å²) in [5.74, 6) is -0.699. The standard InChI is InChI=1S/C25H25NO3/c1-19-10-9-15-23(20(19)2)25(28)29-18-24(27)26(16-21-11-5-3-6-12-21)17-22-13-7-4-8-14-22/h3-15H,16-18H2,1-2H3. The monoisotopic (exact) mass is 387 g/mol. The van der Waals surface area contributed by atoms with Crippen molar-refractivity contribution in [1.82, 2.24) is 4.90 Å². The van der Waals surface area contributed by atoms with Gasteiger partial charge < -0.3 is 9.64 Å². The molecule has 148 valence electrons. The topological polar surface area (TPSA) is 46.6 Å². The van der Waals surface area contributed by atoms with Gasteiger partial charge in [0.1, 0.15) is 0 Å². The molecule has 1 amide bonds. The molecule has 0 aliphatic rings. The van der Waals surface area contributed by atoms with E-state index in [2.05, 4.69) is 0 Å². The molecule has 29 heavy (non-hydrogen) atoms. The van der Waals surface area contributed by atoms with Crippen LogP contribution in [0.5, 0.6) is 0 Å². The van der Waals surface area contributed by atoms with Crippen molar-refractivity contribution >= 4 is 11.9 Å². The lowest BCUT2D eigenvalue weighted by atomic mass is 10.0. The van der Waals surface area contributed by atoms with Gasteiger partial charge in [-0.05, 0) is 42.2 Å². The van der Waals surface area contributed by atoms with Gasteiger partial charge in [-0.1, -0.05) is 72.8 Å².